The molecule has 0 unspecified atom stereocenters. The van der Waals surface area contributed by atoms with Crippen LogP contribution in [0.25, 0.3) is 0 Å². The van der Waals surface area contributed by atoms with Crippen LogP contribution in [-0.2, 0) is 28.6 Å². The third-order valence-corrected chi connectivity index (χ3v) is 12.7. The van der Waals surface area contributed by atoms with E-state index in [1.807, 2.05) is 0 Å². The maximum absolute atomic E-state index is 12.8. The van der Waals surface area contributed by atoms with Crippen molar-refractivity contribution >= 4 is 17.9 Å². The van der Waals surface area contributed by atoms with Gasteiger partial charge in [0.05, 0.1) is 0 Å². The first-order valence-electron chi connectivity index (χ1n) is 27.7. The van der Waals surface area contributed by atoms with Gasteiger partial charge in [-0.1, -0.05) is 272 Å². The van der Waals surface area contributed by atoms with Gasteiger partial charge in [0.25, 0.3) is 0 Å². The van der Waals surface area contributed by atoms with E-state index in [9.17, 15) is 14.4 Å². The second kappa shape index (κ2) is 48.9. The molecule has 0 aromatic rings. The molecule has 0 aliphatic carbocycles. The first kappa shape index (κ1) is 60.4. The zero-order valence-electron chi connectivity index (χ0n) is 42.5. The highest BCUT2D eigenvalue weighted by Gasteiger charge is 2.19. The summed E-state index contributed by atoms with van der Waals surface area (Å²) < 4.78 is 16.8. The van der Waals surface area contributed by atoms with Gasteiger partial charge in [0.15, 0.2) is 6.10 Å². The Bertz CT molecular complexity index is 947. The lowest BCUT2D eigenvalue weighted by Crippen LogP contribution is -2.30. The molecule has 0 rings (SSSR count). The Morgan fingerprint density at radius 2 is 0.532 bits per heavy atom. The molecule has 368 valence electrons. The Labute approximate surface area is 387 Å². The van der Waals surface area contributed by atoms with Crippen LogP contribution in [0.5, 0.6) is 0 Å². The Morgan fingerprint density at radius 3 is 0.790 bits per heavy atom. The molecule has 0 aliphatic heterocycles. The molecular formula is C56H108O6. The normalized spacial score (nSPS) is 12.0. The van der Waals surface area contributed by atoms with Crippen LogP contribution in [0.15, 0.2) is 0 Å². The van der Waals surface area contributed by atoms with Gasteiger partial charge in [-0.25, -0.2) is 0 Å². The summed E-state index contributed by atoms with van der Waals surface area (Å²) >= 11 is 0. The van der Waals surface area contributed by atoms with Crippen LogP contribution in [0.2, 0.25) is 0 Å². The fourth-order valence-corrected chi connectivity index (χ4v) is 8.52. The van der Waals surface area contributed by atoms with Crippen molar-refractivity contribution in [3.8, 4) is 0 Å². The van der Waals surface area contributed by atoms with Crippen molar-refractivity contribution < 1.29 is 28.6 Å². The highest BCUT2D eigenvalue weighted by Crippen LogP contribution is 2.18. The zero-order valence-corrected chi connectivity index (χ0v) is 42.5. The highest BCUT2D eigenvalue weighted by molar-refractivity contribution is 5.71. The monoisotopic (exact) mass is 877 g/mol. The van der Waals surface area contributed by atoms with E-state index in [1.165, 1.54) is 199 Å². The van der Waals surface area contributed by atoms with E-state index in [4.69, 9.17) is 14.2 Å². The lowest BCUT2D eigenvalue weighted by atomic mass is 10.0. The maximum atomic E-state index is 12.8. The molecular weight excluding hydrogens is 769 g/mol. The van der Waals surface area contributed by atoms with Crippen LogP contribution >= 0.6 is 0 Å². The molecule has 0 aliphatic rings. The number of carbonyl (C=O) groups is 3. The summed E-state index contributed by atoms with van der Waals surface area (Å²) in [6.07, 6.45) is 51.0. The van der Waals surface area contributed by atoms with Crippen molar-refractivity contribution in [3.05, 3.63) is 0 Å². The molecule has 0 bridgehead atoms. The van der Waals surface area contributed by atoms with E-state index in [0.29, 0.717) is 19.3 Å². The lowest BCUT2D eigenvalue weighted by molar-refractivity contribution is -0.167. The molecule has 0 N–H and O–H groups in total. The van der Waals surface area contributed by atoms with E-state index in [1.54, 1.807) is 0 Å². The fraction of sp³-hybridized carbons (Fsp3) is 0.946. The smallest absolute Gasteiger partial charge is 0.306 e. The van der Waals surface area contributed by atoms with Crippen LogP contribution in [0, 0.1) is 11.8 Å². The predicted molar refractivity (Wildman–Crippen MR) is 266 cm³/mol. The molecule has 0 aromatic carbocycles. The van der Waals surface area contributed by atoms with Crippen molar-refractivity contribution in [2.75, 3.05) is 13.2 Å². The number of hydrogen-bond acceptors (Lipinski definition) is 6. The number of ether oxygens (including phenoxy) is 3. The van der Waals surface area contributed by atoms with Gasteiger partial charge < -0.3 is 14.2 Å². The van der Waals surface area contributed by atoms with E-state index in [2.05, 4.69) is 34.6 Å². The molecule has 0 fully saturated rings. The predicted octanol–water partition coefficient (Wildman–Crippen LogP) is 18.1. The summed E-state index contributed by atoms with van der Waals surface area (Å²) in [6, 6.07) is 0. The minimum Gasteiger partial charge on any atom is -0.462 e. The van der Waals surface area contributed by atoms with Gasteiger partial charge in [-0.15, -0.1) is 0 Å². The van der Waals surface area contributed by atoms with Crippen LogP contribution in [0.4, 0.5) is 0 Å². The summed E-state index contributed by atoms with van der Waals surface area (Å²) in [5.74, 6) is 0.788. The quantitative estimate of drug-likeness (QED) is 0.0344. The molecule has 0 saturated carbocycles. The molecule has 0 heterocycles. The minimum atomic E-state index is -0.762. The van der Waals surface area contributed by atoms with E-state index < -0.39 is 6.10 Å². The van der Waals surface area contributed by atoms with Crippen LogP contribution in [0.1, 0.15) is 311 Å². The first-order chi connectivity index (χ1) is 30.2. The largest absolute Gasteiger partial charge is 0.462 e. The van der Waals surface area contributed by atoms with Crippen LogP contribution in [0.3, 0.4) is 0 Å². The topological polar surface area (TPSA) is 78.9 Å². The molecule has 0 spiro atoms. The summed E-state index contributed by atoms with van der Waals surface area (Å²) in [5.41, 5.74) is 0. The maximum Gasteiger partial charge on any atom is 0.306 e. The third kappa shape index (κ3) is 49.4. The van der Waals surface area contributed by atoms with Crippen molar-refractivity contribution in [2.45, 2.75) is 317 Å². The molecule has 0 saturated heterocycles. The average molecular weight is 877 g/mol. The SMILES string of the molecule is CCCCCCCCCCCCCCCCCC(=O)OC[C@H](COC(=O)CCCCCCCCCC(C)C)OC(=O)CCCCCCCCCCCCCCCCCCC(C)C. The summed E-state index contributed by atoms with van der Waals surface area (Å²) in [7, 11) is 0. The first-order valence-corrected chi connectivity index (χ1v) is 27.7. The van der Waals surface area contributed by atoms with Crippen molar-refractivity contribution in [1.29, 1.82) is 0 Å². The van der Waals surface area contributed by atoms with Crippen LogP contribution in [-0.4, -0.2) is 37.2 Å². The Hall–Kier alpha value is -1.59. The number of hydrogen-bond donors (Lipinski definition) is 0. The highest BCUT2D eigenvalue weighted by atomic mass is 16.6. The summed E-state index contributed by atoms with van der Waals surface area (Å²) in [5, 5.41) is 0. The van der Waals surface area contributed by atoms with Gasteiger partial charge in [0.2, 0.25) is 0 Å². The van der Waals surface area contributed by atoms with Gasteiger partial charge in [-0.2, -0.15) is 0 Å². The number of esters is 3. The average Bonchev–Trinajstić information content (AvgIpc) is 3.24. The van der Waals surface area contributed by atoms with Gasteiger partial charge in [-0.3, -0.25) is 14.4 Å². The number of rotatable bonds is 50. The summed E-state index contributed by atoms with van der Waals surface area (Å²) in [4.78, 5) is 38.0. The molecule has 1 atom stereocenters. The lowest BCUT2D eigenvalue weighted by Gasteiger charge is -2.18. The Balaban J connectivity index is 4.25. The Kier molecular flexibility index (Phi) is 47.6. The van der Waals surface area contributed by atoms with Gasteiger partial charge in [0.1, 0.15) is 13.2 Å². The van der Waals surface area contributed by atoms with Crippen LogP contribution < -0.4 is 0 Å². The minimum absolute atomic E-state index is 0.0635. The molecule has 6 heteroatoms. The zero-order chi connectivity index (χ0) is 45.4. The number of unbranched alkanes of at least 4 members (excludes halogenated alkanes) is 35. The van der Waals surface area contributed by atoms with E-state index in [0.717, 1.165) is 69.6 Å². The van der Waals surface area contributed by atoms with Crippen molar-refractivity contribution in [3.63, 3.8) is 0 Å². The van der Waals surface area contributed by atoms with Crippen molar-refractivity contribution in [2.24, 2.45) is 11.8 Å². The van der Waals surface area contributed by atoms with Crippen molar-refractivity contribution in [1.82, 2.24) is 0 Å². The van der Waals surface area contributed by atoms with Gasteiger partial charge in [0, 0.05) is 19.3 Å². The van der Waals surface area contributed by atoms with E-state index in [-0.39, 0.29) is 31.1 Å². The molecule has 0 radical (unpaired) electrons. The Morgan fingerprint density at radius 1 is 0.306 bits per heavy atom. The van der Waals surface area contributed by atoms with Gasteiger partial charge in [-0.05, 0) is 31.1 Å². The third-order valence-electron chi connectivity index (χ3n) is 12.7. The second-order valence-corrected chi connectivity index (χ2v) is 20.2. The van der Waals surface area contributed by atoms with E-state index >= 15 is 0 Å². The molecule has 62 heavy (non-hydrogen) atoms. The fourth-order valence-electron chi connectivity index (χ4n) is 8.52. The molecule has 0 aromatic heterocycles. The second-order valence-electron chi connectivity index (χ2n) is 20.2. The standard InChI is InChI=1S/C56H108O6/c1-6-7-8-9-10-11-12-13-16-20-23-26-31-36-41-46-54(57)60-49-53(50-61-55(58)47-42-37-33-28-30-35-40-45-52(4)5)62-56(59)48-43-38-32-27-24-21-18-15-14-17-19-22-25-29-34-39-44-51(2)3/h51-53H,6-50H2,1-5H3/t53-/m1/s1. The molecule has 6 nitrogen and oxygen atoms in total. The number of carbonyl (C=O) groups excluding carboxylic acids is 3. The van der Waals surface area contributed by atoms with Gasteiger partial charge >= 0.3 is 17.9 Å². The molecule has 0 amide bonds. The summed E-state index contributed by atoms with van der Waals surface area (Å²) in [6.45, 7) is 11.4.